The minimum Gasteiger partial charge on any atom is -0.325 e. The second-order valence-corrected chi connectivity index (χ2v) is 7.64. The Labute approximate surface area is 173 Å². The summed E-state index contributed by atoms with van der Waals surface area (Å²) in [6.45, 7) is 1.86. The lowest BCUT2D eigenvalue weighted by molar-refractivity contribution is -0.115. The lowest BCUT2D eigenvalue weighted by Gasteiger charge is -2.14. The molecular formula is C22H19N5OS. The Kier molecular flexibility index (Phi) is 5.67. The van der Waals surface area contributed by atoms with Crippen molar-refractivity contribution in [1.82, 2.24) is 19.7 Å². The average Bonchev–Trinajstić information content (AvgIpc) is 3.19. The van der Waals surface area contributed by atoms with Gasteiger partial charge in [0.05, 0.1) is 5.25 Å². The smallest absolute Gasteiger partial charge is 0.237 e. The average molecular weight is 401 g/mol. The first-order valence-electron chi connectivity index (χ1n) is 9.16. The lowest BCUT2D eigenvalue weighted by atomic mass is 10.2. The molecule has 4 rings (SSSR count). The van der Waals surface area contributed by atoms with Crippen LogP contribution in [0, 0.1) is 0 Å². The fraction of sp³-hybridized carbons (Fsp3) is 0.0909. The molecule has 6 nitrogen and oxygen atoms in total. The predicted octanol–water partition coefficient (Wildman–Crippen LogP) is 4.45. The third-order valence-corrected chi connectivity index (χ3v) is 5.30. The molecule has 0 saturated carbocycles. The van der Waals surface area contributed by atoms with Crippen LogP contribution in [0.3, 0.4) is 0 Å². The van der Waals surface area contributed by atoms with Gasteiger partial charge < -0.3 is 5.32 Å². The number of rotatable bonds is 6. The van der Waals surface area contributed by atoms with E-state index in [1.807, 2.05) is 84.3 Å². The molecule has 0 spiro atoms. The number of nitrogens with zero attached hydrogens (tertiary/aromatic N) is 4. The van der Waals surface area contributed by atoms with Crippen molar-refractivity contribution < 1.29 is 4.79 Å². The molecule has 0 fully saturated rings. The highest BCUT2D eigenvalue weighted by Crippen LogP contribution is 2.30. The number of nitrogens with one attached hydrogen (secondary N) is 1. The van der Waals surface area contributed by atoms with Crippen molar-refractivity contribution in [1.29, 1.82) is 0 Å². The van der Waals surface area contributed by atoms with Crippen molar-refractivity contribution in [2.24, 2.45) is 0 Å². The quantitative estimate of drug-likeness (QED) is 0.483. The lowest BCUT2D eigenvalue weighted by Crippen LogP contribution is -2.22. The van der Waals surface area contributed by atoms with E-state index in [4.69, 9.17) is 0 Å². The maximum atomic E-state index is 12.6. The number of anilines is 1. The van der Waals surface area contributed by atoms with Crippen LogP contribution in [0.2, 0.25) is 0 Å². The number of carbonyl (C=O) groups is 1. The van der Waals surface area contributed by atoms with Gasteiger partial charge in [-0.2, -0.15) is 0 Å². The topological polar surface area (TPSA) is 72.7 Å². The number of amides is 1. The maximum absolute atomic E-state index is 12.6. The fourth-order valence-electron chi connectivity index (χ4n) is 2.82. The monoisotopic (exact) mass is 401 g/mol. The molecule has 2 aromatic carbocycles. The molecule has 0 saturated heterocycles. The Morgan fingerprint density at radius 3 is 2.38 bits per heavy atom. The summed E-state index contributed by atoms with van der Waals surface area (Å²) < 4.78 is 1.95. The van der Waals surface area contributed by atoms with Crippen LogP contribution in [0.15, 0.2) is 90.3 Å². The molecule has 7 heteroatoms. The zero-order valence-corrected chi connectivity index (χ0v) is 16.6. The van der Waals surface area contributed by atoms with Crippen molar-refractivity contribution in [3.05, 3.63) is 85.2 Å². The second-order valence-electron chi connectivity index (χ2n) is 6.33. The number of aromatic nitrogens is 4. The van der Waals surface area contributed by atoms with Gasteiger partial charge in [0.2, 0.25) is 5.91 Å². The first-order chi connectivity index (χ1) is 14.2. The van der Waals surface area contributed by atoms with E-state index in [0.717, 1.165) is 16.9 Å². The molecule has 0 radical (unpaired) electrons. The molecule has 1 atom stereocenters. The molecule has 1 N–H and O–H groups in total. The van der Waals surface area contributed by atoms with Crippen molar-refractivity contribution in [3.63, 3.8) is 0 Å². The summed E-state index contributed by atoms with van der Waals surface area (Å²) >= 11 is 1.36. The first kappa shape index (κ1) is 18.9. The molecule has 0 unspecified atom stereocenters. The van der Waals surface area contributed by atoms with E-state index >= 15 is 0 Å². The van der Waals surface area contributed by atoms with E-state index in [2.05, 4.69) is 20.5 Å². The first-order valence-corrected chi connectivity index (χ1v) is 10.0. The molecular weight excluding hydrogens is 382 g/mol. The van der Waals surface area contributed by atoms with Gasteiger partial charge in [-0.15, -0.1) is 10.2 Å². The van der Waals surface area contributed by atoms with Crippen LogP contribution in [-0.4, -0.2) is 30.9 Å². The molecule has 4 aromatic rings. The number of thioether (sulfide) groups is 1. The molecule has 2 heterocycles. The fourth-order valence-corrected chi connectivity index (χ4v) is 3.68. The van der Waals surface area contributed by atoms with Gasteiger partial charge in [0, 0.05) is 29.3 Å². The minimum atomic E-state index is -0.358. The molecule has 2 aromatic heterocycles. The van der Waals surface area contributed by atoms with Crippen molar-refractivity contribution in [3.8, 4) is 17.1 Å². The summed E-state index contributed by atoms with van der Waals surface area (Å²) in [7, 11) is 0. The van der Waals surface area contributed by atoms with Crippen molar-refractivity contribution in [2.45, 2.75) is 17.3 Å². The predicted molar refractivity (Wildman–Crippen MR) is 115 cm³/mol. The summed E-state index contributed by atoms with van der Waals surface area (Å²) in [6, 6.07) is 23.1. The highest BCUT2D eigenvalue weighted by atomic mass is 32.2. The van der Waals surface area contributed by atoms with Crippen molar-refractivity contribution in [2.75, 3.05) is 5.32 Å². The van der Waals surface area contributed by atoms with E-state index in [0.29, 0.717) is 11.0 Å². The van der Waals surface area contributed by atoms with Gasteiger partial charge in [-0.25, -0.2) is 0 Å². The van der Waals surface area contributed by atoms with Crippen LogP contribution in [0.4, 0.5) is 5.69 Å². The van der Waals surface area contributed by atoms with Gasteiger partial charge in [0.25, 0.3) is 0 Å². The van der Waals surface area contributed by atoms with Gasteiger partial charge >= 0.3 is 0 Å². The summed E-state index contributed by atoms with van der Waals surface area (Å²) in [5, 5.41) is 12.0. The Bertz CT molecular complexity index is 1080. The number of benzene rings is 2. The Morgan fingerprint density at radius 1 is 0.966 bits per heavy atom. The normalized spacial score (nSPS) is 11.8. The van der Waals surface area contributed by atoms with Gasteiger partial charge in [-0.3, -0.25) is 14.3 Å². The van der Waals surface area contributed by atoms with Gasteiger partial charge in [-0.05, 0) is 43.3 Å². The van der Waals surface area contributed by atoms with Crippen LogP contribution in [-0.2, 0) is 4.79 Å². The van der Waals surface area contributed by atoms with Crippen LogP contribution in [0.25, 0.3) is 17.1 Å². The number of hydrogen-bond donors (Lipinski definition) is 1. The van der Waals surface area contributed by atoms with E-state index in [9.17, 15) is 4.79 Å². The highest BCUT2D eigenvalue weighted by molar-refractivity contribution is 8.00. The highest BCUT2D eigenvalue weighted by Gasteiger charge is 2.22. The standard InChI is InChI=1S/C22H19N5OS/c1-16(21(28)24-18-10-4-2-5-11-18)29-22-26-25-20(17-9-8-14-23-15-17)27(22)19-12-6-3-7-13-19/h2-16H,1H3,(H,24,28)/t16-/m0/s1. The van der Waals surface area contributed by atoms with Crippen LogP contribution in [0.5, 0.6) is 0 Å². The molecule has 1 amide bonds. The SMILES string of the molecule is C[C@H](Sc1nnc(-c2cccnc2)n1-c1ccccc1)C(=O)Nc1ccccc1. The molecule has 0 aliphatic rings. The third-order valence-electron chi connectivity index (χ3n) is 4.26. The van der Waals surface area contributed by atoms with Crippen LogP contribution < -0.4 is 5.32 Å². The summed E-state index contributed by atoms with van der Waals surface area (Å²) in [6.07, 6.45) is 3.47. The van der Waals surface area contributed by atoms with E-state index in [-0.39, 0.29) is 11.2 Å². The Hall–Kier alpha value is -3.45. The minimum absolute atomic E-state index is 0.0910. The zero-order valence-electron chi connectivity index (χ0n) is 15.8. The number of pyridine rings is 1. The van der Waals surface area contributed by atoms with Crippen LogP contribution >= 0.6 is 11.8 Å². The second kappa shape index (κ2) is 8.70. The van der Waals surface area contributed by atoms with E-state index in [1.165, 1.54) is 11.8 Å². The van der Waals surface area contributed by atoms with Crippen molar-refractivity contribution >= 4 is 23.4 Å². The summed E-state index contributed by atoms with van der Waals surface area (Å²) in [4.78, 5) is 16.8. The largest absolute Gasteiger partial charge is 0.325 e. The Balaban J connectivity index is 1.63. The molecule has 0 bridgehead atoms. The molecule has 0 aliphatic carbocycles. The van der Waals surface area contributed by atoms with Crippen LogP contribution in [0.1, 0.15) is 6.92 Å². The van der Waals surface area contributed by atoms with Gasteiger partial charge in [-0.1, -0.05) is 48.2 Å². The molecule has 0 aliphatic heterocycles. The number of carbonyl (C=O) groups excluding carboxylic acids is 1. The van der Waals surface area contributed by atoms with E-state index in [1.54, 1.807) is 12.4 Å². The summed E-state index contributed by atoms with van der Waals surface area (Å²) in [5.41, 5.74) is 2.55. The zero-order chi connectivity index (χ0) is 20.1. The number of para-hydroxylation sites is 2. The summed E-state index contributed by atoms with van der Waals surface area (Å²) in [5.74, 6) is 0.592. The van der Waals surface area contributed by atoms with Gasteiger partial charge in [0.15, 0.2) is 11.0 Å². The Morgan fingerprint density at radius 2 is 1.69 bits per heavy atom. The molecule has 144 valence electrons. The number of hydrogen-bond acceptors (Lipinski definition) is 5. The van der Waals surface area contributed by atoms with Gasteiger partial charge in [0.1, 0.15) is 0 Å². The third kappa shape index (κ3) is 4.35. The van der Waals surface area contributed by atoms with E-state index < -0.39 is 0 Å². The maximum Gasteiger partial charge on any atom is 0.237 e. The molecule has 29 heavy (non-hydrogen) atoms.